The summed E-state index contributed by atoms with van der Waals surface area (Å²) in [6.07, 6.45) is 0. The number of rotatable bonds is 3. The molecule has 6 heteroatoms. The van der Waals surface area contributed by atoms with Crippen LogP contribution in [0.25, 0.3) is 0 Å². The Bertz CT molecular complexity index is 357. The van der Waals surface area contributed by atoms with Gasteiger partial charge < -0.3 is 15.7 Å². The van der Waals surface area contributed by atoms with Crippen LogP contribution in [0.2, 0.25) is 5.02 Å². The molecule has 0 unspecified atom stereocenters. The Kier molecular flexibility index (Phi) is 4.03. The van der Waals surface area contributed by atoms with Gasteiger partial charge in [-0.1, -0.05) is 32.7 Å². The van der Waals surface area contributed by atoms with E-state index in [0.717, 1.165) is 4.47 Å². The van der Waals surface area contributed by atoms with Gasteiger partial charge >= 0.3 is 0 Å². The molecule has 14 heavy (non-hydrogen) atoms. The van der Waals surface area contributed by atoms with Crippen molar-refractivity contribution < 1.29 is 9.94 Å². The van der Waals surface area contributed by atoms with Crippen molar-refractivity contribution in [2.75, 3.05) is 6.61 Å². The van der Waals surface area contributed by atoms with Gasteiger partial charge in [-0.05, 0) is 18.2 Å². The summed E-state index contributed by atoms with van der Waals surface area (Å²) in [6.45, 7) is -0.00213. The molecular weight excluding hydrogens is 271 g/mol. The van der Waals surface area contributed by atoms with Crippen molar-refractivity contribution in [1.82, 2.24) is 0 Å². The van der Waals surface area contributed by atoms with E-state index in [2.05, 4.69) is 21.1 Å². The number of ether oxygens (including phenoxy) is 1. The molecule has 0 aliphatic carbocycles. The molecule has 0 aromatic heterocycles. The molecule has 0 radical (unpaired) electrons. The maximum Gasteiger partial charge on any atom is 0.177 e. The third-order valence-corrected chi connectivity index (χ3v) is 2.19. The SMILES string of the molecule is N/C(COc1ccc(Br)cc1Cl)=N\O. The van der Waals surface area contributed by atoms with Crippen LogP contribution in [0.1, 0.15) is 0 Å². The Morgan fingerprint density at radius 1 is 1.64 bits per heavy atom. The third-order valence-electron chi connectivity index (χ3n) is 1.40. The van der Waals surface area contributed by atoms with Crippen LogP contribution in [0, 0.1) is 0 Å². The summed E-state index contributed by atoms with van der Waals surface area (Å²) < 4.78 is 6.04. The number of amidine groups is 1. The Balaban J connectivity index is 2.68. The lowest BCUT2D eigenvalue weighted by Crippen LogP contribution is -2.20. The van der Waals surface area contributed by atoms with E-state index in [9.17, 15) is 0 Å². The fourth-order valence-corrected chi connectivity index (χ4v) is 1.50. The highest BCUT2D eigenvalue weighted by Gasteiger charge is 2.02. The number of benzene rings is 1. The van der Waals surface area contributed by atoms with Gasteiger partial charge in [-0.25, -0.2) is 0 Å². The van der Waals surface area contributed by atoms with Gasteiger partial charge in [-0.3, -0.25) is 0 Å². The smallest absolute Gasteiger partial charge is 0.177 e. The van der Waals surface area contributed by atoms with Gasteiger partial charge in [0.05, 0.1) is 5.02 Å². The molecule has 1 aromatic rings. The van der Waals surface area contributed by atoms with Crippen molar-refractivity contribution in [3.05, 3.63) is 27.7 Å². The first-order chi connectivity index (χ1) is 6.63. The van der Waals surface area contributed by atoms with E-state index in [1.807, 2.05) is 0 Å². The van der Waals surface area contributed by atoms with Crippen molar-refractivity contribution in [2.45, 2.75) is 0 Å². The molecule has 0 saturated heterocycles. The molecule has 0 heterocycles. The second kappa shape index (κ2) is 5.07. The van der Waals surface area contributed by atoms with Gasteiger partial charge in [-0.2, -0.15) is 0 Å². The van der Waals surface area contributed by atoms with Crippen LogP contribution in [0.15, 0.2) is 27.8 Å². The average molecular weight is 280 g/mol. The van der Waals surface area contributed by atoms with Crippen LogP contribution in [0.3, 0.4) is 0 Å². The molecule has 0 amide bonds. The lowest BCUT2D eigenvalue weighted by Gasteiger charge is -2.06. The van der Waals surface area contributed by atoms with Crippen molar-refractivity contribution in [3.63, 3.8) is 0 Å². The summed E-state index contributed by atoms with van der Waals surface area (Å²) in [5.74, 6) is 0.477. The fourth-order valence-electron chi connectivity index (χ4n) is 0.773. The number of halogens is 2. The van der Waals surface area contributed by atoms with Crippen LogP contribution >= 0.6 is 27.5 Å². The zero-order chi connectivity index (χ0) is 10.6. The number of hydrogen-bond donors (Lipinski definition) is 2. The van der Waals surface area contributed by atoms with E-state index in [-0.39, 0.29) is 12.4 Å². The second-order valence-corrected chi connectivity index (χ2v) is 3.78. The molecule has 3 N–H and O–H groups in total. The van der Waals surface area contributed by atoms with E-state index in [1.165, 1.54) is 0 Å². The number of oxime groups is 1. The van der Waals surface area contributed by atoms with Crippen LogP contribution in [0.5, 0.6) is 5.75 Å². The summed E-state index contributed by atoms with van der Waals surface area (Å²) in [7, 11) is 0. The van der Waals surface area contributed by atoms with Gasteiger partial charge in [0.2, 0.25) is 0 Å². The highest BCUT2D eigenvalue weighted by molar-refractivity contribution is 9.10. The quantitative estimate of drug-likeness (QED) is 0.386. The van der Waals surface area contributed by atoms with Crippen molar-refractivity contribution in [1.29, 1.82) is 0 Å². The number of nitrogens with two attached hydrogens (primary N) is 1. The molecule has 0 atom stereocenters. The molecule has 1 rings (SSSR count). The number of hydrogen-bond acceptors (Lipinski definition) is 3. The second-order valence-electron chi connectivity index (χ2n) is 2.45. The molecule has 76 valence electrons. The summed E-state index contributed by atoms with van der Waals surface area (Å²) >= 11 is 9.12. The predicted octanol–water partition coefficient (Wildman–Crippen LogP) is 2.23. The van der Waals surface area contributed by atoms with E-state index < -0.39 is 0 Å². The highest BCUT2D eigenvalue weighted by Crippen LogP contribution is 2.27. The molecular formula is C8H8BrClN2O2. The zero-order valence-corrected chi connectivity index (χ0v) is 9.42. The molecule has 4 nitrogen and oxygen atoms in total. The predicted molar refractivity (Wildman–Crippen MR) is 58.1 cm³/mol. The minimum Gasteiger partial charge on any atom is -0.484 e. The van der Waals surface area contributed by atoms with Crippen molar-refractivity contribution >= 4 is 33.4 Å². The van der Waals surface area contributed by atoms with Crippen LogP contribution in [0.4, 0.5) is 0 Å². The normalized spacial score (nSPS) is 11.4. The zero-order valence-electron chi connectivity index (χ0n) is 7.08. The Morgan fingerprint density at radius 3 is 2.93 bits per heavy atom. The van der Waals surface area contributed by atoms with Gasteiger partial charge in [0, 0.05) is 4.47 Å². The lowest BCUT2D eigenvalue weighted by atomic mass is 10.3. The fraction of sp³-hybridized carbons (Fsp3) is 0.125. The number of nitrogens with zero attached hydrogens (tertiary/aromatic N) is 1. The molecule has 1 aromatic carbocycles. The van der Waals surface area contributed by atoms with Gasteiger partial charge in [0.1, 0.15) is 12.4 Å². The van der Waals surface area contributed by atoms with Crippen molar-refractivity contribution in [2.24, 2.45) is 10.9 Å². The molecule has 0 spiro atoms. The van der Waals surface area contributed by atoms with Gasteiger partial charge in [0.15, 0.2) is 5.84 Å². The van der Waals surface area contributed by atoms with Gasteiger partial charge in [0.25, 0.3) is 0 Å². The standard InChI is InChI=1S/C8H8BrClN2O2/c9-5-1-2-7(6(10)3-5)14-4-8(11)12-13/h1-3,13H,4H2,(H2,11,12). The minimum atomic E-state index is -0.0102. The highest BCUT2D eigenvalue weighted by atomic mass is 79.9. The van der Waals surface area contributed by atoms with Gasteiger partial charge in [-0.15, -0.1) is 0 Å². The summed E-state index contributed by atoms with van der Waals surface area (Å²) in [5.41, 5.74) is 5.22. The molecule has 0 saturated carbocycles. The van der Waals surface area contributed by atoms with Crippen LogP contribution in [-0.2, 0) is 0 Å². The topological polar surface area (TPSA) is 67.8 Å². The summed E-state index contributed by atoms with van der Waals surface area (Å²) in [6, 6.07) is 5.17. The lowest BCUT2D eigenvalue weighted by molar-refractivity contribution is 0.306. The molecule has 0 bridgehead atoms. The maximum atomic E-state index is 8.27. The van der Waals surface area contributed by atoms with E-state index in [0.29, 0.717) is 10.8 Å². The van der Waals surface area contributed by atoms with Crippen LogP contribution in [-0.4, -0.2) is 17.6 Å². The average Bonchev–Trinajstić information content (AvgIpc) is 2.16. The third kappa shape index (κ3) is 3.08. The largest absolute Gasteiger partial charge is 0.484 e. The maximum absolute atomic E-state index is 8.27. The Labute approximate surface area is 94.4 Å². The Hall–Kier alpha value is -0.940. The van der Waals surface area contributed by atoms with E-state index in [1.54, 1.807) is 18.2 Å². The Morgan fingerprint density at radius 2 is 2.36 bits per heavy atom. The monoisotopic (exact) mass is 278 g/mol. The first-order valence-corrected chi connectivity index (χ1v) is 4.85. The summed E-state index contributed by atoms with van der Waals surface area (Å²) in [4.78, 5) is 0. The first-order valence-electron chi connectivity index (χ1n) is 3.67. The summed E-state index contributed by atoms with van der Waals surface area (Å²) in [5, 5.41) is 11.5. The molecule has 0 aliphatic heterocycles. The van der Waals surface area contributed by atoms with E-state index in [4.69, 9.17) is 27.3 Å². The van der Waals surface area contributed by atoms with Crippen molar-refractivity contribution in [3.8, 4) is 5.75 Å². The molecule has 0 fully saturated rings. The first kappa shape index (κ1) is 11.1. The van der Waals surface area contributed by atoms with Crippen LogP contribution < -0.4 is 10.5 Å². The minimum absolute atomic E-state index is 0.00213. The molecule has 0 aliphatic rings. The van der Waals surface area contributed by atoms with E-state index >= 15 is 0 Å².